The highest BCUT2D eigenvalue weighted by molar-refractivity contribution is 6.31. The van der Waals surface area contributed by atoms with Crippen LogP contribution in [0.25, 0.3) is 5.69 Å². The van der Waals surface area contributed by atoms with E-state index in [2.05, 4.69) is 11.2 Å². The fourth-order valence-corrected chi connectivity index (χ4v) is 2.59. The molecule has 1 heterocycles. The molecule has 0 aliphatic rings. The molecule has 25 heavy (non-hydrogen) atoms. The van der Waals surface area contributed by atoms with E-state index in [0.29, 0.717) is 5.56 Å². The molecule has 0 atom stereocenters. The van der Waals surface area contributed by atoms with Crippen LogP contribution in [-0.4, -0.2) is 10.8 Å². The van der Waals surface area contributed by atoms with Gasteiger partial charge in [-0.2, -0.15) is 5.26 Å². The Balaban J connectivity index is 1.72. The lowest BCUT2D eigenvalue weighted by molar-refractivity contribution is 0.132. The second kappa shape index (κ2) is 7.69. The number of hydrogen-bond acceptors (Lipinski definition) is 3. The summed E-state index contributed by atoms with van der Waals surface area (Å²) in [4.78, 5) is 5.35. The Kier molecular flexibility index (Phi) is 5.17. The van der Waals surface area contributed by atoms with Gasteiger partial charge in [0.25, 0.3) is 0 Å². The molecule has 3 rings (SSSR count). The average Bonchev–Trinajstić information content (AvgIpc) is 3.10. The van der Waals surface area contributed by atoms with E-state index in [1.165, 1.54) is 0 Å². The highest BCUT2D eigenvalue weighted by Gasteiger charge is 2.04. The van der Waals surface area contributed by atoms with Crippen molar-refractivity contribution in [3.05, 3.63) is 88.2 Å². The van der Waals surface area contributed by atoms with E-state index in [0.717, 1.165) is 27.5 Å². The van der Waals surface area contributed by atoms with Gasteiger partial charge in [0.05, 0.1) is 23.5 Å². The maximum atomic E-state index is 9.07. The number of nitrogens with zero attached hydrogens (tertiary/aromatic N) is 3. The standard InChI is InChI=1S/C20H16ClN3O/c1-15-8-9-18(11-20(15)21)24-10-4-7-19(24)13-23-25-14-17-6-3-2-5-16(17)12-22/h2-11,13H,14H2,1H3/b23-13-. The molecular weight excluding hydrogens is 334 g/mol. The molecule has 0 aliphatic heterocycles. The highest BCUT2D eigenvalue weighted by Crippen LogP contribution is 2.20. The van der Waals surface area contributed by atoms with Gasteiger partial charge in [0.1, 0.15) is 6.61 Å². The summed E-state index contributed by atoms with van der Waals surface area (Å²) in [5, 5.41) is 13.8. The predicted octanol–water partition coefficient (Wildman–Crippen LogP) is 4.86. The Hall–Kier alpha value is -3.03. The number of benzene rings is 2. The number of aromatic nitrogens is 1. The van der Waals surface area contributed by atoms with Crippen molar-refractivity contribution in [1.82, 2.24) is 4.57 Å². The van der Waals surface area contributed by atoms with E-state index >= 15 is 0 Å². The van der Waals surface area contributed by atoms with Gasteiger partial charge in [-0.3, -0.25) is 0 Å². The molecular formula is C20H16ClN3O. The Morgan fingerprint density at radius 3 is 2.84 bits per heavy atom. The highest BCUT2D eigenvalue weighted by atomic mass is 35.5. The van der Waals surface area contributed by atoms with Crippen LogP contribution in [0.4, 0.5) is 0 Å². The van der Waals surface area contributed by atoms with Crippen LogP contribution in [0.15, 0.2) is 65.9 Å². The third kappa shape index (κ3) is 3.90. The van der Waals surface area contributed by atoms with Gasteiger partial charge >= 0.3 is 0 Å². The number of nitriles is 1. The van der Waals surface area contributed by atoms with Crippen LogP contribution in [-0.2, 0) is 11.4 Å². The molecule has 2 aromatic carbocycles. The number of halogens is 1. The summed E-state index contributed by atoms with van der Waals surface area (Å²) in [6.45, 7) is 2.22. The number of oxime groups is 1. The molecule has 0 fully saturated rings. The maximum Gasteiger partial charge on any atom is 0.143 e. The molecule has 0 unspecified atom stereocenters. The Morgan fingerprint density at radius 1 is 1.20 bits per heavy atom. The topological polar surface area (TPSA) is 50.3 Å². The fraction of sp³-hybridized carbons (Fsp3) is 0.100. The van der Waals surface area contributed by atoms with E-state index in [9.17, 15) is 0 Å². The molecule has 3 aromatic rings. The van der Waals surface area contributed by atoms with Crippen LogP contribution in [0.3, 0.4) is 0 Å². The minimum atomic E-state index is 0.247. The van der Waals surface area contributed by atoms with Gasteiger partial charge in [-0.05, 0) is 42.8 Å². The minimum absolute atomic E-state index is 0.247. The summed E-state index contributed by atoms with van der Waals surface area (Å²) >= 11 is 6.21. The van der Waals surface area contributed by atoms with Gasteiger partial charge in [0.15, 0.2) is 0 Å². The van der Waals surface area contributed by atoms with E-state index in [1.807, 2.05) is 66.2 Å². The lowest BCUT2D eigenvalue weighted by Crippen LogP contribution is -1.99. The molecule has 0 saturated heterocycles. The molecule has 4 nitrogen and oxygen atoms in total. The van der Waals surface area contributed by atoms with E-state index in [-0.39, 0.29) is 6.61 Å². The van der Waals surface area contributed by atoms with Crippen LogP contribution in [0.5, 0.6) is 0 Å². The molecule has 0 spiro atoms. The zero-order chi connectivity index (χ0) is 17.6. The number of rotatable bonds is 5. The lowest BCUT2D eigenvalue weighted by Gasteiger charge is -2.08. The zero-order valence-electron chi connectivity index (χ0n) is 13.7. The maximum absolute atomic E-state index is 9.07. The minimum Gasteiger partial charge on any atom is -0.391 e. The predicted molar refractivity (Wildman–Crippen MR) is 99.1 cm³/mol. The van der Waals surface area contributed by atoms with Gasteiger partial charge in [0.2, 0.25) is 0 Å². The Labute approximate surface area is 151 Å². The monoisotopic (exact) mass is 349 g/mol. The largest absolute Gasteiger partial charge is 0.391 e. The van der Waals surface area contributed by atoms with Crippen molar-refractivity contribution in [1.29, 1.82) is 5.26 Å². The normalized spacial score (nSPS) is 10.8. The summed E-state index contributed by atoms with van der Waals surface area (Å²) in [5.41, 5.74) is 4.26. The molecule has 0 N–H and O–H groups in total. The van der Waals surface area contributed by atoms with Gasteiger partial charge in [-0.25, -0.2) is 0 Å². The molecule has 0 bridgehead atoms. The molecule has 0 amide bonds. The zero-order valence-corrected chi connectivity index (χ0v) is 14.4. The van der Waals surface area contributed by atoms with Gasteiger partial charge in [0, 0.05) is 22.5 Å². The molecule has 0 aliphatic carbocycles. The first-order valence-electron chi connectivity index (χ1n) is 7.76. The van der Waals surface area contributed by atoms with Crippen molar-refractivity contribution >= 4 is 17.8 Å². The first-order valence-corrected chi connectivity index (χ1v) is 8.14. The summed E-state index contributed by atoms with van der Waals surface area (Å²) in [7, 11) is 0. The fourth-order valence-electron chi connectivity index (χ4n) is 2.42. The van der Waals surface area contributed by atoms with Gasteiger partial charge < -0.3 is 9.40 Å². The summed E-state index contributed by atoms with van der Waals surface area (Å²) < 4.78 is 1.97. The van der Waals surface area contributed by atoms with Crippen LogP contribution in [0, 0.1) is 18.3 Å². The van der Waals surface area contributed by atoms with Crippen molar-refractivity contribution in [2.45, 2.75) is 13.5 Å². The molecule has 124 valence electrons. The SMILES string of the molecule is Cc1ccc(-n2cccc2/C=N\OCc2ccccc2C#N)cc1Cl. The third-order valence-electron chi connectivity index (χ3n) is 3.83. The molecule has 1 aromatic heterocycles. The van der Waals surface area contributed by atoms with Crippen LogP contribution < -0.4 is 0 Å². The third-order valence-corrected chi connectivity index (χ3v) is 4.24. The first kappa shape index (κ1) is 16.8. The van der Waals surface area contributed by atoms with Crippen LogP contribution in [0.1, 0.15) is 22.4 Å². The lowest BCUT2D eigenvalue weighted by atomic mass is 10.1. The van der Waals surface area contributed by atoms with E-state index < -0.39 is 0 Å². The van der Waals surface area contributed by atoms with Crippen LogP contribution in [0.2, 0.25) is 5.02 Å². The summed E-state index contributed by atoms with van der Waals surface area (Å²) in [6.07, 6.45) is 3.58. The van der Waals surface area contributed by atoms with Crippen molar-refractivity contribution < 1.29 is 4.84 Å². The van der Waals surface area contributed by atoms with Crippen molar-refractivity contribution in [3.63, 3.8) is 0 Å². The van der Waals surface area contributed by atoms with Crippen LogP contribution >= 0.6 is 11.6 Å². The Morgan fingerprint density at radius 2 is 2.04 bits per heavy atom. The van der Waals surface area contributed by atoms with Gasteiger partial charge in [-0.1, -0.05) is 41.0 Å². The van der Waals surface area contributed by atoms with E-state index in [4.69, 9.17) is 21.7 Å². The second-order valence-corrected chi connectivity index (χ2v) is 5.92. The average molecular weight is 350 g/mol. The van der Waals surface area contributed by atoms with Crippen molar-refractivity contribution in [2.75, 3.05) is 0 Å². The second-order valence-electron chi connectivity index (χ2n) is 5.51. The number of hydrogen-bond donors (Lipinski definition) is 0. The number of aryl methyl sites for hydroxylation is 1. The quantitative estimate of drug-likeness (QED) is 0.487. The summed E-state index contributed by atoms with van der Waals surface area (Å²) in [6, 6.07) is 19.2. The first-order chi connectivity index (χ1) is 12.2. The van der Waals surface area contributed by atoms with Crippen molar-refractivity contribution in [2.24, 2.45) is 5.16 Å². The summed E-state index contributed by atoms with van der Waals surface area (Å²) in [5.74, 6) is 0. The molecule has 0 saturated carbocycles. The molecule has 5 heteroatoms. The Bertz CT molecular complexity index is 954. The smallest absolute Gasteiger partial charge is 0.143 e. The van der Waals surface area contributed by atoms with Gasteiger partial charge in [-0.15, -0.1) is 0 Å². The van der Waals surface area contributed by atoms with E-state index in [1.54, 1.807) is 12.3 Å². The van der Waals surface area contributed by atoms with Crippen molar-refractivity contribution in [3.8, 4) is 11.8 Å². The molecule has 0 radical (unpaired) electrons.